The number of nitrogens with zero attached hydrogens (tertiary/aromatic N) is 1. The molecule has 1 aromatic carbocycles. The van der Waals surface area contributed by atoms with E-state index in [-0.39, 0.29) is 5.82 Å². The van der Waals surface area contributed by atoms with Gasteiger partial charge in [-0.25, -0.2) is 4.39 Å². The van der Waals surface area contributed by atoms with Crippen LogP contribution in [0.2, 0.25) is 0 Å². The van der Waals surface area contributed by atoms with Crippen LogP contribution in [0.3, 0.4) is 0 Å². The highest BCUT2D eigenvalue weighted by atomic mass is 19.1. The summed E-state index contributed by atoms with van der Waals surface area (Å²) in [6, 6.07) is 5.29. The van der Waals surface area contributed by atoms with E-state index in [1.165, 1.54) is 0 Å². The number of nitrogens with one attached hydrogen (secondary N) is 1. The van der Waals surface area contributed by atoms with E-state index in [1.807, 2.05) is 32.3 Å². The maximum absolute atomic E-state index is 13.6. The molecule has 0 atom stereocenters. The van der Waals surface area contributed by atoms with Gasteiger partial charge in [-0.15, -0.1) is 6.58 Å². The maximum Gasteiger partial charge on any atom is 0.127 e. The SMILES string of the molecule is C=CCCN(C)Cc1cc(CNC)ccc1F. The van der Waals surface area contributed by atoms with Gasteiger partial charge in [0.1, 0.15) is 5.82 Å². The van der Waals surface area contributed by atoms with E-state index >= 15 is 0 Å². The summed E-state index contributed by atoms with van der Waals surface area (Å²) in [6.45, 7) is 5.99. The molecule has 0 aliphatic rings. The van der Waals surface area contributed by atoms with Crippen molar-refractivity contribution in [2.24, 2.45) is 0 Å². The van der Waals surface area contributed by atoms with Gasteiger partial charge in [-0.3, -0.25) is 0 Å². The third kappa shape index (κ3) is 4.67. The largest absolute Gasteiger partial charge is 0.316 e. The van der Waals surface area contributed by atoms with Crippen molar-refractivity contribution in [2.75, 3.05) is 20.6 Å². The van der Waals surface area contributed by atoms with E-state index in [2.05, 4.69) is 16.8 Å². The molecule has 0 spiro atoms. The lowest BCUT2D eigenvalue weighted by Crippen LogP contribution is -2.19. The van der Waals surface area contributed by atoms with E-state index in [9.17, 15) is 4.39 Å². The molecule has 1 N–H and O–H groups in total. The van der Waals surface area contributed by atoms with Gasteiger partial charge in [-0.2, -0.15) is 0 Å². The molecule has 0 unspecified atom stereocenters. The molecule has 0 aliphatic heterocycles. The molecule has 0 amide bonds. The zero-order chi connectivity index (χ0) is 12.7. The molecule has 94 valence electrons. The molecule has 2 nitrogen and oxygen atoms in total. The molecule has 0 aromatic heterocycles. The van der Waals surface area contributed by atoms with Gasteiger partial charge in [0.25, 0.3) is 0 Å². The predicted molar refractivity (Wildman–Crippen MR) is 70.3 cm³/mol. The lowest BCUT2D eigenvalue weighted by atomic mass is 10.1. The normalized spacial score (nSPS) is 10.8. The number of hydrogen-bond acceptors (Lipinski definition) is 2. The minimum Gasteiger partial charge on any atom is -0.316 e. The Bertz CT molecular complexity index is 363. The Hall–Kier alpha value is -1.19. The zero-order valence-electron chi connectivity index (χ0n) is 10.7. The van der Waals surface area contributed by atoms with Crippen molar-refractivity contribution in [1.29, 1.82) is 0 Å². The maximum atomic E-state index is 13.6. The van der Waals surface area contributed by atoms with E-state index in [4.69, 9.17) is 0 Å². The molecule has 0 bridgehead atoms. The second-order valence-electron chi connectivity index (χ2n) is 4.27. The lowest BCUT2D eigenvalue weighted by molar-refractivity contribution is 0.327. The Balaban J connectivity index is 2.67. The Morgan fingerprint density at radius 3 is 2.88 bits per heavy atom. The van der Waals surface area contributed by atoms with Gasteiger partial charge in [0.05, 0.1) is 0 Å². The molecule has 0 saturated heterocycles. The van der Waals surface area contributed by atoms with Crippen LogP contribution >= 0.6 is 0 Å². The van der Waals surface area contributed by atoms with Crippen molar-refractivity contribution < 1.29 is 4.39 Å². The van der Waals surface area contributed by atoms with E-state index in [1.54, 1.807) is 6.07 Å². The van der Waals surface area contributed by atoms with Gasteiger partial charge >= 0.3 is 0 Å². The summed E-state index contributed by atoms with van der Waals surface area (Å²) >= 11 is 0. The minimum absolute atomic E-state index is 0.129. The first kappa shape index (κ1) is 13.9. The molecular weight excluding hydrogens is 215 g/mol. The average Bonchev–Trinajstić information content (AvgIpc) is 2.31. The van der Waals surface area contributed by atoms with Crippen LogP contribution in [0.25, 0.3) is 0 Å². The number of halogens is 1. The molecule has 1 rings (SSSR count). The highest BCUT2D eigenvalue weighted by molar-refractivity contribution is 5.25. The topological polar surface area (TPSA) is 15.3 Å². The summed E-state index contributed by atoms with van der Waals surface area (Å²) in [7, 11) is 3.88. The van der Waals surface area contributed by atoms with Crippen molar-refractivity contribution in [3.63, 3.8) is 0 Å². The first-order valence-electron chi connectivity index (χ1n) is 5.88. The fourth-order valence-corrected chi connectivity index (χ4v) is 1.74. The van der Waals surface area contributed by atoms with Crippen molar-refractivity contribution in [1.82, 2.24) is 10.2 Å². The van der Waals surface area contributed by atoms with Crippen LogP contribution in [0.5, 0.6) is 0 Å². The van der Waals surface area contributed by atoms with Crippen LogP contribution < -0.4 is 5.32 Å². The molecule has 0 aliphatic carbocycles. The number of benzene rings is 1. The average molecular weight is 236 g/mol. The fraction of sp³-hybridized carbons (Fsp3) is 0.429. The quantitative estimate of drug-likeness (QED) is 0.732. The Morgan fingerprint density at radius 1 is 1.47 bits per heavy atom. The molecule has 17 heavy (non-hydrogen) atoms. The first-order chi connectivity index (χ1) is 8.17. The monoisotopic (exact) mass is 236 g/mol. The summed E-state index contributed by atoms with van der Waals surface area (Å²) in [5, 5.41) is 3.07. The molecular formula is C14H21FN2. The van der Waals surface area contributed by atoms with Gasteiger partial charge in [-0.05, 0) is 32.1 Å². The molecule has 0 saturated carbocycles. The van der Waals surface area contributed by atoms with Gasteiger partial charge in [-0.1, -0.05) is 18.2 Å². The van der Waals surface area contributed by atoms with Crippen molar-refractivity contribution in [2.45, 2.75) is 19.5 Å². The summed E-state index contributed by atoms with van der Waals surface area (Å²) in [6.07, 6.45) is 2.80. The summed E-state index contributed by atoms with van der Waals surface area (Å²) in [4.78, 5) is 2.10. The smallest absolute Gasteiger partial charge is 0.127 e. The van der Waals surface area contributed by atoms with E-state index in [0.717, 1.165) is 30.6 Å². The zero-order valence-corrected chi connectivity index (χ0v) is 10.7. The third-order valence-electron chi connectivity index (χ3n) is 2.65. The van der Waals surface area contributed by atoms with Crippen LogP contribution in [-0.2, 0) is 13.1 Å². The van der Waals surface area contributed by atoms with Crippen LogP contribution in [0.15, 0.2) is 30.9 Å². The third-order valence-corrected chi connectivity index (χ3v) is 2.65. The molecule has 0 heterocycles. The van der Waals surface area contributed by atoms with Gasteiger partial charge in [0, 0.05) is 25.2 Å². The van der Waals surface area contributed by atoms with Crippen LogP contribution in [-0.4, -0.2) is 25.5 Å². The van der Waals surface area contributed by atoms with Gasteiger partial charge in [0.2, 0.25) is 0 Å². The first-order valence-corrected chi connectivity index (χ1v) is 5.88. The standard InChI is InChI=1S/C14H21FN2/c1-4-5-8-17(3)11-13-9-12(10-16-2)6-7-14(13)15/h4,6-7,9,16H,1,5,8,10-11H2,2-3H3. The second-order valence-corrected chi connectivity index (χ2v) is 4.27. The number of hydrogen-bond donors (Lipinski definition) is 1. The summed E-state index contributed by atoms with van der Waals surface area (Å²) in [5.41, 5.74) is 1.87. The molecule has 1 aromatic rings. The Labute approximate surface area is 103 Å². The minimum atomic E-state index is -0.129. The number of rotatable bonds is 7. The lowest BCUT2D eigenvalue weighted by Gasteiger charge is -2.16. The van der Waals surface area contributed by atoms with Crippen LogP contribution in [0.4, 0.5) is 4.39 Å². The van der Waals surface area contributed by atoms with E-state index < -0.39 is 0 Å². The second kappa shape index (κ2) is 7.20. The van der Waals surface area contributed by atoms with Gasteiger partial charge < -0.3 is 10.2 Å². The molecule has 3 heteroatoms. The van der Waals surface area contributed by atoms with Gasteiger partial charge in [0.15, 0.2) is 0 Å². The Morgan fingerprint density at radius 2 is 2.24 bits per heavy atom. The van der Waals surface area contributed by atoms with Crippen LogP contribution in [0, 0.1) is 5.82 Å². The van der Waals surface area contributed by atoms with E-state index in [0.29, 0.717) is 6.54 Å². The summed E-state index contributed by atoms with van der Waals surface area (Å²) < 4.78 is 13.6. The highest BCUT2D eigenvalue weighted by Gasteiger charge is 2.06. The Kier molecular flexibility index (Phi) is 5.87. The molecule has 0 radical (unpaired) electrons. The highest BCUT2D eigenvalue weighted by Crippen LogP contribution is 2.12. The fourth-order valence-electron chi connectivity index (χ4n) is 1.74. The predicted octanol–water partition coefficient (Wildman–Crippen LogP) is 2.55. The molecule has 0 fully saturated rings. The van der Waals surface area contributed by atoms with Crippen molar-refractivity contribution >= 4 is 0 Å². The van der Waals surface area contributed by atoms with Crippen molar-refractivity contribution in [3.8, 4) is 0 Å². The van der Waals surface area contributed by atoms with Crippen LogP contribution in [0.1, 0.15) is 17.5 Å². The summed E-state index contributed by atoms with van der Waals surface area (Å²) in [5.74, 6) is -0.129. The van der Waals surface area contributed by atoms with Crippen molar-refractivity contribution in [3.05, 3.63) is 47.8 Å².